The molecule has 18 heavy (non-hydrogen) atoms. The van der Waals surface area contributed by atoms with E-state index in [0.29, 0.717) is 6.04 Å². The number of hydrogen-bond acceptors (Lipinski definition) is 5. The third-order valence-corrected chi connectivity index (χ3v) is 3.03. The van der Waals surface area contributed by atoms with Crippen molar-refractivity contribution >= 4 is 5.95 Å². The number of methoxy groups -OCH3 is 1. The third-order valence-electron chi connectivity index (χ3n) is 3.03. The molecule has 1 fully saturated rings. The van der Waals surface area contributed by atoms with Gasteiger partial charge in [0.05, 0.1) is 12.3 Å². The lowest BCUT2D eigenvalue weighted by atomic mass is 10.3. The first-order valence-corrected chi connectivity index (χ1v) is 6.49. The van der Waals surface area contributed by atoms with Gasteiger partial charge in [-0.05, 0) is 32.9 Å². The molecule has 0 radical (unpaired) electrons. The first kappa shape index (κ1) is 13.2. The number of aryl methyl sites for hydroxylation is 1. The quantitative estimate of drug-likeness (QED) is 0.786. The van der Waals surface area contributed by atoms with Gasteiger partial charge < -0.3 is 15.0 Å². The average molecular weight is 250 g/mol. The van der Waals surface area contributed by atoms with Crippen LogP contribution in [0.4, 0.5) is 5.95 Å². The molecule has 1 saturated carbocycles. The van der Waals surface area contributed by atoms with Crippen molar-refractivity contribution in [1.82, 2.24) is 15.3 Å². The zero-order valence-corrected chi connectivity index (χ0v) is 11.4. The van der Waals surface area contributed by atoms with Crippen molar-refractivity contribution in [2.24, 2.45) is 0 Å². The number of anilines is 1. The van der Waals surface area contributed by atoms with E-state index in [0.717, 1.165) is 37.0 Å². The van der Waals surface area contributed by atoms with E-state index in [1.165, 1.54) is 12.8 Å². The summed E-state index contributed by atoms with van der Waals surface area (Å²) in [5.41, 5.74) is 2.07. The van der Waals surface area contributed by atoms with Crippen LogP contribution in [-0.2, 0) is 11.3 Å². The van der Waals surface area contributed by atoms with Crippen LogP contribution in [0.15, 0.2) is 6.07 Å². The second-order valence-electron chi connectivity index (χ2n) is 4.75. The molecule has 0 atom stereocenters. The Bertz CT molecular complexity index is 393. The van der Waals surface area contributed by atoms with Crippen LogP contribution in [0, 0.1) is 6.92 Å². The molecule has 1 aliphatic rings. The molecule has 0 unspecified atom stereocenters. The zero-order chi connectivity index (χ0) is 13.0. The first-order valence-electron chi connectivity index (χ1n) is 6.49. The minimum Gasteiger partial charge on any atom is -0.383 e. The maximum Gasteiger partial charge on any atom is 0.226 e. The van der Waals surface area contributed by atoms with Gasteiger partial charge in [0, 0.05) is 31.9 Å². The fraction of sp³-hybridized carbons (Fsp3) is 0.692. The van der Waals surface area contributed by atoms with Gasteiger partial charge in [-0.15, -0.1) is 0 Å². The van der Waals surface area contributed by atoms with Gasteiger partial charge in [-0.25, -0.2) is 9.97 Å². The Labute approximate surface area is 109 Å². The maximum atomic E-state index is 5.17. The fourth-order valence-corrected chi connectivity index (χ4v) is 2.04. The largest absolute Gasteiger partial charge is 0.383 e. The zero-order valence-electron chi connectivity index (χ0n) is 11.4. The summed E-state index contributed by atoms with van der Waals surface area (Å²) in [7, 11) is 3.66. The van der Waals surface area contributed by atoms with E-state index >= 15 is 0 Å². The smallest absolute Gasteiger partial charge is 0.226 e. The second kappa shape index (κ2) is 6.11. The van der Waals surface area contributed by atoms with E-state index in [9.17, 15) is 0 Å². The number of ether oxygens (including phenoxy) is 1. The molecule has 1 aromatic rings. The molecule has 0 aromatic carbocycles. The summed E-state index contributed by atoms with van der Waals surface area (Å²) in [6.45, 7) is 4.38. The van der Waals surface area contributed by atoms with Crippen LogP contribution in [0.3, 0.4) is 0 Å². The Balaban J connectivity index is 2.17. The van der Waals surface area contributed by atoms with Gasteiger partial charge in [0.15, 0.2) is 0 Å². The van der Waals surface area contributed by atoms with Crippen LogP contribution >= 0.6 is 0 Å². The highest BCUT2D eigenvalue weighted by atomic mass is 16.5. The Hall–Kier alpha value is -1.20. The summed E-state index contributed by atoms with van der Waals surface area (Å²) < 4.78 is 5.17. The molecule has 5 nitrogen and oxygen atoms in total. The van der Waals surface area contributed by atoms with E-state index < -0.39 is 0 Å². The summed E-state index contributed by atoms with van der Waals surface area (Å²) in [5, 5.41) is 3.13. The highest BCUT2D eigenvalue weighted by molar-refractivity contribution is 5.36. The lowest BCUT2D eigenvalue weighted by Gasteiger charge is -2.22. The van der Waals surface area contributed by atoms with E-state index in [1.807, 2.05) is 20.0 Å². The van der Waals surface area contributed by atoms with Crippen molar-refractivity contribution in [2.45, 2.75) is 32.4 Å². The highest BCUT2D eigenvalue weighted by Gasteiger charge is 2.30. The molecule has 5 heteroatoms. The molecule has 2 rings (SSSR count). The highest BCUT2D eigenvalue weighted by Crippen LogP contribution is 2.29. The SMILES string of the molecule is CNCc1cc(C)nc(N(CCOC)C2CC2)n1. The molecule has 1 aliphatic carbocycles. The van der Waals surface area contributed by atoms with Crippen molar-refractivity contribution in [1.29, 1.82) is 0 Å². The minimum atomic E-state index is 0.601. The van der Waals surface area contributed by atoms with Crippen molar-refractivity contribution in [3.8, 4) is 0 Å². The van der Waals surface area contributed by atoms with E-state index in [2.05, 4.69) is 20.2 Å². The topological polar surface area (TPSA) is 50.3 Å². The monoisotopic (exact) mass is 250 g/mol. The van der Waals surface area contributed by atoms with Crippen LogP contribution in [0.5, 0.6) is 0 Å². The van der Waals surface area contributed by atoms with Crippen molar-refractivity contribution in [3.05, 3.63) is 17.5 Å². The molecule has 0 bridgehead atoms. The fourth-order valence-electron chi connectivity index (χ4n) is 2.04. The first-order chi connectivity index (χ1) is 8.74. The maximum absolute atomic E-state index is 5.17. The predicted octanol–water partition coefficient (Wildman–Crippen LogP) is 1.12. The van der Waals surface area contributed by atoms with Crippen LogP contribution in [0.25, 0.3) is 0 Å². The van der Waals surface area contributed by atoms with Gasteiger partial charge in [-0.1, -0.05) is 0 Å². The van der Waals surface area contributed by atoms with Crippen LogP contribution in [0.1, 0.15) is 24.2 Å². The van der Waals surface area contributed by atoms with Gasteiger partial charge >= 0.3 is 0 Å². The van der Waals surface area contributed by atoms with Crippen LogP contribution in [0.2, 0.25) is 0 Å². The number of nitrogens with one attached hydrogen (secondary N) is 1. The molecule has 1 N–H and O–H groups in total. The van der Waals surface area contributed by atoms with Crippen molar-refractivity contribution in [3.63, 3.8) is 0 Å². The Kier molecular flexibility index (Phi) is 4.49. The molecule has 0 spiro atoms. The summed E-state index contributed by atoms with van der Waals surface area (Å²) in [5.74, 6) is 0.847. The van der Waals surface area contributed by atoms with Gasteiger partial charge in [0.2, 0.25) is 5.95 Å². The summed E-state index contributed by atoms with van der Waals surface area (Å²) in [6.07, 6.45) is 2.48. The van der Waals surface area contributed by atoms with Gasteiger partial charge in [-0.3, -0.25) is 0 Å². The Morgan fingerprint density at radius 1 is 1.44 bits per heavy atom. The summed E-state index contributed by atoms with van der Waals surface area (Å²) in [6, 6.07) is 2.63. The molecule has 100 valence electrons. The van der Waals surface area contributed by atoms with Gasteiger partial charge in [0.25, 0.3) is 0 Å². The Morgan fingerprint density at radius 3 is 2.83 bits per heavy atom. The third kappa shape index (κ3) is 3.40. The molecule has 1 aromatic heterocycles. The number of hydrogen-bond donors (Lipinski definition) is 1. The Morgan fingerprint density at radius 2 is 2.22 bits per heavy atom. The van der Waals surface area contributed by atoms with E-state index in [-0.39, 0.29) is 0 Å². The lowest BCUT2D eigenvalue weighted by molar-refractivity contribution is 0.204. The number of aromatic nitrogens is 2. The average Bonchev–Trinajstić information content (AvgIpc) is 3.14. The minimum absolute atomic E-state index is 0.601. The van der Waals surface area contributed by atoms with Gasteiger partial charge in [-0.2, -0.15) is 0 Å². The number of rotatable bonds is 7. The van der Waals surface area contributed by atoms with E-state index in [1.54, 1.807) is 7.11 Å². The van der Waals surface area contributed by atoms with Crippen molar-refractivity contribution in [2.75, 3.05) is 32.2 Å². The predicted molar refractivity (Wildman–Crippen MR) is 71.8 cm³/mol. The van der Waals surface area contributed by atoms with E-state index in [4.69, 9.17) is 4.74 Å². The second-order valence-corrected chi connectivity index (χ2v) is 4.75. The molecule has 0 saturated heterocycles. The molecular formula is C13H22N4O. The van der Waals surface area contributed by atoms with Crippen LogP contribution in [-0.4, -0.2) is 43.3 Å². The van der Waals surface area contributed by atoms with Crippen molar-refractivity contribution < 1.29 is 4.74 Å². The summed E-state index contributed by atoms with van der Waals surface area (Å²) in [4.78, 5) is 11.5. The molecule has 1 heterocycles. The normalized spacial score (nSPS) is 14.8. The molecule has 0 aliphatic heterocycles. The standard InChI is InChI=1S/C13H22N4O/c1-10-8-11(9-14-2)16-13(15-10)17(6-7-18-3)12-4-5-12/h8,12,14H,4-7,9H2,1-3H3. The summed E-state index contributed by atoms with van der Waals surface area (Å²) >= 11 is 0. The molecular weight excluding hydrogens is 228 g/mol. The lowest BCUT2D eigenvalue weighted by Crippen LogP contribution is -2.31. The number of nitrogens with zero attached hydrogens (tertiary/aromatic N) is 3. The van der Waals surface area contributed by atoms with Crippen LogP contribution < -0.4 is 10.2 Å². The molecule has 0 amide bonds. The van der Waals surface area contributed by atoms with Gasteiger partial charge in [0.1, 0.15) is 0 Å².